The van der Waals surface area contributed by atoms with Crippen molar-refractivity contribution in [3.63, 3.8) is 0 Å². The lowest BCUT2D eigenvalue weighted by Gasteiger charge is -2.43. The van der Waals surface area contributed by atoms with Crippen LogP contribution in [0.15, 0.2) is 143 Å². The third kappa shape index (κ3) is 7.75. The van der Waals surface area contributed by atoms with E-state index in [2.05, 4.69) is 4.72 Å². The first-order valence-corrected chi connectivity index (χ1v) is 17.5. The molecule has 3 N–H and O–H groups in total. The van der Waals surface area contributed by atoms with E-state index in [-0.39, 0.29) is 29.1 Å². The van der Waals surface area contributed by atoms with E-state index in [1.54, 1.807) is 72.4 Å². The number of aromatic carboxylic acids is 1. The molecule has 1 saturated heterocycles. The molecule has 0 spiro atoms. The SMILES string of the molecule is O=C(O)c1ccc(SC[C@H]2OC(c3cccc(NS(=O)(=O)c4ccccc4)c3)O[C@@H](c3ccc(CO)cc3)[C@@H]2c2ccccc2)cc1. The van der Waals surface area contributed by atoms with Crippen LogP contribution in [-0.2, 0) is 26.1 Å². The van der Waals surface area contributed by atoms with Gasteiger partial charge in [-0.2, -0.15) is 0 Å². The molecule has 0 radical (unpaired) electrons. The number of hydrogen-bond acceptors (Lipinski definition) is 7. The fourth-order valence-electron chi connectivity index (χ4n) is 5.59. The Morgan fingerprint density at radius 3 is 2.06 bits per heavy atom. The molecule has 0 bridgehead atoms. The molecule has 0 saturated carbocycles. The van der Waals surface area contributed by atoms with Crippen molar-refractivity contribution in [3.8, 4) is 0 Å². The molecule has 0 aliphatic carbocycles. The summed E-state index contributed by atoms with van der Waals surface area (Å²) in [4.78, 5) is 12.4. The zero-order valence-corrected chi connectivity index (χ0v) is 26.8. The maximum atomic E-state index is 13.1. The van der Waals surface area contributed by atoms with Crippen LogP contribution in [0.25, 0.3) is 0 Å². The Morgan fingerprint density at radius 1 is 0.745 bits per heavy atom. The smallest absolute Gasteiger partial charge is 0.335 e. The molecule has 1 aliphatic rings. The summed E-state index contributed by atoms with van der Waals surface area (Å²) < 4.78 is 42.3. The zero-order chi connectivity index (χ0) is 32.8. The Morgan fingerprint density at radius 2 is 1.40 bits per heavy atom. The lowest BCUT2D eigenvalue weighted by molar-refractivity contribution is -0.255. The fourth-order valence-corrected chi connectivity index (χ4v) is 7.63. The minimum atomic E-state index is -3.82. The largest absolute Gasteiger partial charge is 0.478 e. The van der Waals surface area contributed by atoms with Crippen molar-refractivity contribution in [1.82, 2.24) is 0 Å². The monoisotopic (exact) mass is 667 g/mol. The number of hydrogen-bond donors (Lipinski definition) is 3. The van der Waals surface area contributed by atoms with Gasteiger partial charge in [-0.1, -0.05) is 84.9 Å². The Labute approximate surface area is 278 Å². The van der Waals surface area contributed by atoms with Crippen molar-refractivity contribution in [2.45, 2.75) is 40.8 Å². The summed E-state index contributed by atoms with van der Waals surface area (Å²) in [5.74, 6) is -0.681. The summed E-state index contributed by atoms with van der Waals surface area (Å²) in [6.45, 7) is -0.0781. The molecule has 10 heteroatoms. The summed E-state index contributed by atoms with van der Waals surface area (Å²) >= 11 is 1.56. The molecule has 5 aromatic rings. The number of carbonyl (C=O) groups is 1. The molecule has 1 aliphatic heterocycles. The summed E-state index contributed by atoms with van der Waals surface area (Å²) in [5, 5.41) is 19.0. The summed E-state index contributed by atoms with van der Waals surface area (Å²) in [5.41, 5.74) is 3.95. The Hall–Kier alpha value is -4.45. The van der Waals surface area contributed by atoms with E-state index in [9.17, 15) is 23.4 Å². The van der Waals surface area contributed by atoms with E-state index < -0.39 is 28.4 Å². The number of anilines is 1. The highest BCUT2D eigenvalue weighted by Crippen LogP contribution is 2.48. The average molecular weight is 668 g/mol. The quantitative estimate of drug-likeness (QED) is 0.125. The van der Waals surface area contributed by atoms with Gasteiger partial charge in [0, 0.05) is 27.8 Å². The van der Waals surface area contributed by atoms with Crippen LogP contribution < -0.4 is 4.72 Å². The molecule has 47 heavy (non-hydrogen) atoms. The standard InChI is InChI=1S/C37H33NO7S2/c39-23-25-14-16-27(17-15-25)35-34(26-8-3-1-4-9-26)33(24-46-31-20-18-28(19-21-31)36(40)41)44-37(45-35)29-10-7-11-30(22-29)38-47(42,43)32-12-5-2-6-13-32/h1-22,33-35,37-39H,23-24H2,(H,40,41)/t33-,34-,35+,37?/m1/s1. The number of aliphatic hydroxyl groups is 1. The normalized spacial score (nSPS) is 19.6. The summed E-state index contributed by atoms with van der Waals surface area (Å²) in [6.07, 6.45) is -1.65. The van der Waals surface area contributed by atoms with Crippen molar-refractivity contribution >= 4 is 33.4 Å². The van der Waals surface area contributed by atoms with Gasteiger partial charge < -0.3 is 19.7 Å². The minimum absolute atomic E-state index is 0.0781. The van der Waals surface area contributed by atoms with Crippen LogP contribution in [0.1, 0.15) is 50.9 Å². The van der Waals surface area contributed by atoms with Crippen LogP contribution in [0.3, 0.4) is 0 Å². The van der Waals surface area contributed by atoms with E-state index in [0.29, 0.717) is 17.0 Å². The number of rotatable bonds is 11. The van der Waals surface area contributed by atoms with E-state index >= 15 is 0 Å². The highest BCUT2D eigenvalue weighted by molar-refractivity contribution is 7.99. The molecule has 0 aromatic heterocycles. The number of aliphatic hydroxyl groups excluding tert-OH is 1. The Kier molecular flexibility index (Phi) is 10.1. The number of benzene rings is 5. The summed E-state index contributed by atoms with van der Waals surface area (Å²) in [6, 6.07) is 39.6. The van der Waals surface area contributed by atoms with E-state index in [1.807, 2.05) is 60.7 Å². The number of thioether (sulfide) groups is 1. The van der Waals surface area contributed by atoms with Gasteiger partial charge in [0.2, 0.25) is 0 Å². The summed E-state index contributed by atoms with van der Waals surface area (Å²) in [7, 11) is -3.82. The topological polar surface area (TPSA) is 122 Å². The lowest BCUT2D eigenvalue weighted by atomic mass is 9.84. The molecule has 0 amide bonds. The first-order chi connectivity index (χ1) is 22.8. The number of ether oxygens (including phenoxy) is 2. The van der Waals surface area contributed by atoms with Crippen LogP contribution in [0.4, 0.5) is 5.69 Å². The molecular formula is C37H33NO7S2. The van der Waals surface area contributed by atoms with Crippen molar-refractivity contribution in [1.29, 1.82) is 0 Å². The van der Waals surface area contributed by atoms with Crippen molar-refractivity contribution in [2.24, 2.45) is 0 Å². The van der Waals surface area contributed by atoms with Crippen LogP contribution in [-0.4, -0.2) is 36.5 Å². The second-order valence-corrected chi connectivity index (χ2v) is 13.9. The molecular weight excluding hydrogens is 635 g/mol. The highest BCUT2D eigenvalue weighted by Gasteiger charge is 2.42. The third-order valence-corrected chi connectivity index (χ3v) is 10.4. The van der Waals surface area contributed by atoms with Crippen LogP contribution in [0, 0.1) is 0 Å². The second kappa shape index (κ2) is 14.5. The van der Waals surface area contributed by atoms with Gasteiger partial charge in [0.1, 0.15) is 0 Å². The predicted octanol–water partition coefficient (Wildman–Crippen LogP) is 7.41. The predicted molar refractivity (Wildman–Crippen MR) is 181 cm³/mol. The second-order valence-electron chi connectivity index (χ2n) is 11.1. The zero-order valence-electron chi connectivity index (χ0n) is 25.2. The first-order valence-electron chi connectivity index (χ1n) is 15.0. The van der Waals surface area contributed by atoms with Gasteiger partial charge in [-0.25, -0.2) is 13.2 Å². The Bertz CT molecular complexity index is 1900. The van der Waals surface area contributed by atoms with Gasteiger partial charge in [0.15, 0.2) is 6.29 Å². The third-order valence-electron chi connectivity index (χ3n) is 7.95. The van der Waals surface area contributed by atoms with Gasteiger partial charge in [-0.15, -0.1) is 11.8 Å². The molecule has 8 nitrogen and oxygen atoms in total. The average Bonchev–Trinajstić information content (AvgIpc) is 3.11. The first kappa shape index (κ1) is 32.5. The van der Waals surface area contributed by atoms with Crippen LogP contribution >= 0.6 is 11.8 Å². The van der Waals surface area contributed by atoms with E-state index in [1.165, 1.54) is 12.1 Å². The molecule has 1 fully saturated rings. The molecule has 1 unspecified atom stereocenters. The minimum Gasteiger partial charge on any atom is -0.478 e. The molecule has 6 rings (SSSR count). The van der Waals surface area contributed by atoms with Crippen LogP contribution in [0.2, 0.25) is 0 Å². The van der Waals surface area contributed by atoms with Crippen molar-refractivity contribution in [2.75, 3.05) is 10.5 Å². The highest BCUT2D eigenvalue weighted by atomic mass is 32.2. The van der Waals surface area contributed by atoms with Gasteiger partial charge in [0.25, 0.3) is 10.0 Å². The number of carboxylic acids is 1. The van der Waals surface area contributed by atoms with Crippen molar-refractivity contribution < 1.29 is 32.9 Å². The number of nitrogens with one attached hydrogen (secondary N) is 1. The molecule has 1 heterocycles. The molecule has 240 valence electrons. The lowest BCUT2D eigenvalue weighted by Crippen LogP contribution is -2.38. The maximum Gasteiger partial charge on any atom is 0.335 e. The fraction of sp³-hybridized carbons (Fsp3) is 0.162. The van der Waals surface area contributed by atoms with E-state index in [0.717, 1.165) is 21.6 Å². The maximum absolute atomic E-state index is 13.1. The molecule has 5 aromatic carbocycles. The van der Waals surface area contributed by atoms with E-state index in [4.69, 9.17) is 9.47 Å². The number of sulfonamides is 1. The van der Waals surface area contributed by atoms with Crippen molar-refractivity contribution in [3.05, 3.63) is 161 Å². The Balaban J connectivity index is 1.35. The van der Waals surface area contributed by atoms with Gasteiger partial charge in [0.05, 0.1) is 29.3 Å². The van der Waals surface area contributed by atoms with Gasteiger partial charge in [-0.3, -0.25) is 4.72 Å². The van der Waals surface area contributed by atoms with Crippen LogP contribution in [0.5, 0.6) is 0 Å². The number of carboxylic acid groups (broad SMARTS) is 1. The van der Waals surface area contributed by atoms with Gasteiger partial charge >= 0.3 is 5.97 Å². The molecule has 4 atom stereocenters. The van der Waals surface area contributed by atoms with Gasteiger partial charge in [-0.05, 0) is 65.2 Å².